The summed E-state index contributed by atoms with van der Waals surface area (Å²) >= 11 is 0. The number of para-hydroxylation sites is 1. The predicted octanol–water partition coefficient (Wildman–Crippen LogP) is 6.23. The molecule has 6 nitrogen and oxygen atoms in total. The number of anilines is 1. The summed E-state index contributed by atoms with van der Waals surface area (Å²) in [6.45, 7) is 4.05. The minimum absolute atomic E-state index is 0.116. The van der Waals surface area contributed by atoms with Gasteiger partial charge in [0.15, 0.2) is 0 Å². The Bertz CT molecular complexity index is 1430. The molecule has 3 aromatic carbocycles. The number of amides is 1. The first kappa shape index (κ1) is 26.3. The summed E-state index contributed by atoms with van der Waals surface area (Å²) in [5.74, 6) is 0.729. The molecule has 1 N–H and O–H groups in total. The number of hydrogen-bond donors (Lipinski definition) is 1. The smallest absolute Gasteiger partial charge is 0.251 e. The molecule has 38 heavy (non-hydrogen) atoms. The van der Waals surface area contributed by atoms with E-state index in [1.165, 1.54) is 17.0 Å². The Morgan fingerprint density at radius 2 is 1.71 bits per heavy atom. The number of hydrogen-bond acceptors (Lipinski definition) is 4. The third-order valence-corrected chi connectivity index (χ3v) is 8.97. The van der Waals surface area contributed by atoms with E-state index in [4.69, 9.17) is 4.74 Å². The first-order valence-corrected chi connectivity index (χ1v) is 15.2. The lowest BCUT2D eigenvalue weighted by atomic mass is 9.77. The largest absolute Gasteiger partial charge is 0.487 e. The minimum Gasteiger partial charge on any atom is -0.487 e. The van der Waals surface area contributed by atoms with Crippen molar-refractivity contribution >= 4 is 21.6 Å². The first-order chi connectivity index (χ1) is 18.1. The highest BCUT2D eigenvalue weighted by Crippen LogP contribution is 2.46. The molecule has 1 aliphatic carbocycles. The lowest BCUT2D eigenvalue weighted by Gasteiger charge is -2.44. The lowest BCUT2D eigenvalue weighted by molar-refractivity contribution is -0.00210. The normalized spacial score (nSPS) is 18.3. The van der Waals surface area contributed by atoms with Crippen LogP contribution in [-0.4, -0.2) is 26.2 Å². The number of nitrogens with one attached hydrogen (secondary N) is 1. The van der Waals surface area contributed by atoms with Gasteiger partial charge in [-0.1, -0.05) is 48.9 Å². The topological polar surface area (TPSA) is 75.7 Å². The molecule has 0 radical (unpaired) electrons. The molecular weight excluding hydrogens is 496 g/mol. The summed E-state index contributed by atoms with van der Waals surface area (Å²) < 4.78 is 33.3. The Hall–Kier alpha value is -3.32. The van der Waals surface area contributed by atoms with Crippen LogP contribution in [0.4, 0.5) is 5.69 Å². The van der Waals surface area contributed by atoms with Gasteiger partial charge in [0.1, 0.15) is 11.4 Å². The Balaban J connectivity index is 1.34. The van der Waals surface area contributed by atoms with Crippen molar-refractivity contribution in [2.45, 2.75) is 70.6 Å². The van der Waals surface area contributed by atoms with E-state index >= 15 is 0 Å². The van der Waals surface area contributed by atoms with Crippen molar-refractivity contribution in [3.63, 3.8) is 0 Å². The number of carbonyl (C=O) groups excluding carboxylic acids is 1. The van der Waals surface area contributed by atoms with Gasteiger partial charge in [0.2, 0.25) is 10.0 Å². The zero-order valence-corrected chi connectivity index (χ0v) is 23.2. The number of fused-ring (bicyclic) bond motifs is 1. The average Bonchev–Trinajstić information content (AvgIpc) is 2.89. The second kappa shape index (κ2) is 10.4. The maximum absolute atomic E-state index is 13.3. The number of ether oxygens (including phenoxy) is 1. The first-order valence-electron chi connectivity index (χ1n) is 13.4. The van der Waals surface area contributed by atoms with Crippen molar-refractivity contribution in [3.05, 3.63) is 94.5 Å². The van der Waals surface area contributed by atoms with Crippen molar-refractivity contribution in [3.8, 4) is 5.75 Å². The van der Waals surface area contributed by atoms with Gasteiger partial charge in [-0.3, -0.25) is 9.10 Å². The molecule has 1 heterocycles. The van der Waals surface area contributed by atoms with Crippen LogP contribution >= 0.6 is 0 Å². The van der Waals surface area contributed by atoms with Gasteiger partial charge in [0.25, 0.3) is 5.91 Å². The maximum Gasteiger partial charge on any atom is 0.251 e. The number of carbonyl (C=O) groups is 1. The van der Waals surface area contributed by atoms with Crippen LogP contribution in [0.1, 0.15) is 77.2 Å². The number of benzene rings is 3. The fourth-order valence-corrected chi connectivity index (χ4v) is 6.73. The molecule has 5 rings (SSSR count). The molecule has 3 aromatic rings. The summed E-state index contributed by atoms with van der Waals surface area (Å²) in [6.07, 6.45) is 7.55. The SMILES string of the molecule is Cc1ccc(C)c(N(Cc2ccc(C(=O)NC3CC4(CCCCC4)Oc4ccccc43)cc2)S(C)(=O)=O)c1. The average molecular weight is 533 g/mol. The monoisotopic (exact) mass is 532 g/mol. The molecule has 7 heteroatoms. The molecule has 1 atom stereocenters. The van der Waals surface area contributed by atoms with Crippen LogP contribution < -0.4 is 14.4 Å². The zero-order valence-electron chi connectivity index (χ0n) is 22.4. The van der Waals surface area contributed by atoms with Crippen molar-refractivity contribution in [1.82, 2.24) is 5.32 Å². The van der Waals surface area contributed by atoms with Crippen LogP contribution in [0.15, 0.2) is 66.7 Å². The van der Waals surface area contributed by atoms with Crippen LogP contribution in [0.3, 0.4) is 0 Å². The minimum atomic E-state index is -3.50. The van der Waals surface area contributed by atoms with Crippen molar-refractivity contribution in [2.75, 3.05) is 10.6 Å². The molecule has 1 spiro atoms. The van der Waals surface area contributed by atoms with Gasteiger partial charge in [0, 0.05) is 17.5 Å². The van der Waals surface area contributed by atoms with Crippen LogP contribution in [0.25, 0.3) is 0 Å². The molecule has 1 fully saturated rings. The number of sulfonamides is 1. The van der Waals surface area contributed by atoms with Gasteiger partial charge in [0.05, 0.1) is 24.5 Å². The van der Waals surface area contributed by atoms with Crippen LogP contribution in [-0.2, 0) is 16.6 Å². The molecule has 200 valence electrons. The van der Waals surface area contributed by atoms with E-state index in [0.29, 0.717) is 11.3 Å². The summed E-state index contributed by atoms with van der Waals surface area (Å²) in [4.78, 5) is 13.3. The summed E-state index contributed by atoms with van der Waals surface area (Å²) in [5.41, 5.74) is 4.73. The van der Waals surface area contributed by atoms with Crippen molar-refractivity contribution < 1.29 is 17.9 Å². The zero-order chi connectivity index (χ0) is 26.9. The van der Waals surface area contributed by atoms with E-state index in [0.717, 1.165) is 60.1 Å². The second-order valence-electron chi connectivity index (χ2n) is 10.9. The van der Waals surface area contributed by atoms with E-state index in [2.05, 4.69) is 5.32 Å². The van der Waals surface area contributed by atoms with E-state index in [9.17, 15) is 13.2 Å². The quantitative estimate of drug-likeness (QED) is 0.409. The maximum atomic E-state index is 13.3. The fraction of sp³-hybridized carbons (Fsp3) is 0.387. The fourth-order valence-electron chi connectivity index (χ4n) is 5.79. The molecule has 1 aliphatic heterocycles. The van der Waals surface area contributed by atoms with Crippen LogP contribution in [0, 0.1) is 13.8 Å². The predicted molar refractivity (Wildman–Crippen MR) is 151 cm³/mol. The number of rotatable bonds is 6. The van der Waals surface area contributed by atoms with Gasteiger partial charge >= 0.3 is 0 Å². The lowest BCUT2D eigenvalue weighted by Crippen LogP contribution is -2.46. The molecule has 2 aliphatic rings. The van der Waals surface area contributed by atoms with Gasteiger partial charge < -0.3 is 10.1 Å². The van der Waals surface area contributed by atoms with Gasteiger partial charge in [-0.2, -0.15) is 0 Å². The Morgan fingerprint density at radius 3 is 2.42 bits per heavy atom. The van der Waals surface area contributed by atoms with E-state index in [1.807, 2.05) is 68.4 Å². The summed E-state index contributed by atoms with van der Waals surface area (Å²) in [7, 11) is -3.50. The highest BCUT2D eigenvalue weighted by atomic mass is 32.2. The molecule has 1 amide bonds. The van der Waals surface area contributed by atoms with Crippen molar-refractivity contribution in [2.24, 2.45) is 0 Å². The molecule has 0 aromatic heterocycles. The molecule has 0 bridgehead atoms. The Morgan fingerprint density at radius 1 is 1.00 bits per heavy atom. The van der Waals surface area contributed by atoms with E-state index in [-0.39, 0.29) is 24.1 Å². The second-order valence-corrected chi connectivity index (χ2v) is 12.8. The highest BCUT2D eigenvalue weighted by Gasteiger charge is 2.42. The highest BCUT2D eigenvalue weighted by molar-refractivity contribution is 7.92. The van der Waals surface area contributed by atoms with Crippen molar-refractivity contribution in [1.29, 1.82) is 0 Å². The third-order valence-electron chi connectivity index (χ3n) is 7.84. The number of nitrogens with zero attached hydrogens (tertiary/aromatic N) is 1. The van der Waals surface area contributed by atoms with E-state index < -0.39 is 10.0 Å². The summed E-state index contributed by atoms with van der Waals surface area (Å²) in [6, 6.07) is 20.9. The molecular formula is C31H36N2O4S. The third kappa shape index (κ3) is 5.58. The van der Waals surface area contributed by atoms with E-state index in [1.54, 1.807) is 12.1 Å². The van der Waals surface area contributed by atoms with Gasteiger partial charge in [-0.15, -0.1) is 0 Å². The Labute approximate surface area is 226 Å². The molecule has 1 saturated carbocycles. The molecule has 0 saturated heterocycles. The molecule has 1 unspecified atom stereocenters. The summed E-state index contributed by atoms with van der Waals surface area (Å²) in [5, 5.41) is 3.26. The van der Waals surface area contributed by atoms with Gasteiger partial charge in [-0.25, -0.2) is 8.42 Å². The van der Waals surface area contributed by atoms with Crippen LogP contribution in [0.5, 0.6) is 5.75 Å². The number of aryl methyl sites for hydroxylation is 2. The van der Waals surface area contributed by atoms with Crippen LogP contribution in [0.2, 0.25) is 0 Å². The van der Waals surface area contributed by atoms with Gasteiger partial charge in [-0.05, 0) is 80.5 Å². The Kier molecular flexibility index (Phi) is 7.23. The standard InChI is InChI=1S/C31H36N2O4S/c1-22-11-12-23(2)28(19-22)33(38(3,35)36)21-24-13-15-25(16-14-24)30(34)32-27-20-31(17-7-4-8-18-31)37-29-10-6-5-9-26(27)29/h5-6,9-16,19,27H,4,7-8,17-18,20-21H2,1-3H3,(H,32,34).